The molecule has 1 saturated heterocycles. The average molecular weight is 282 g/mol. The van der Waals surface area contributed by atoms with E-state index in [4.69, 9.17) is 4.74 Å². The third kappa shape index (κ3) is 4.65. The molecule has 0 spiro atoms. The number of amides is 1. The molecule has 1 amide bonds. The molecule has 1 aliphatic carbocycles. The van der Waals surface area contributed by atoms with Crippen LogP contribution in [0.5, 0.6) is 0 Å². The Kier molecular flexibility index (Phi) is 5.30. The Morgan fingerprint density at radius 1 is 1.25 bits per heavy atom. The SMILES string of the molecule is CC(C)(C)OC(=O)NCCC1CCNC1C1CCCC1. The Labute approximate surface area is 123 Å². The summed E-state index contributed by atoms with van der Waals surface area (Å²) in [7, 11) is 0. The molecule has 20 heavy (non-hydrogen) atoms. The Hall–Kier alpha value is -0.770. The molecule has 0 bridgehead atoms. The molecule has 1 aliphatic heterocycles. The second-order valence-electron chi connectivity index (χ2n) is 7.29. The molecular weight excluding hydrogens is 252 g/mol. The molecule has 2 unspecified atom stereocenters. The van der Waals surface area contributed by atoms with Crippen molar-refractivity contribution in [1.82, 2.24) is 10.6 Å². The number of nitrogens with one attached hydrogen (secondary N) is 2. The van der Waals surface area contributed by atoms with Gasteiger partial charge >= 0.3 is 6.09 Å². The predicted molar refractivity (Wildman–Crippen MR) is 80.7 cm³/mol. The molecule has 0 aromatic carbocycles. The van der Waals surface area contributed by atoms with Crippen molar-refractivity contribution in [3.05, 3.63) is 0 Å². The van der Waals surface area contributed by atoms with Crippen molar-refractivity contribution in [2.45, 2.75) is 70.9 Å². The van der Waals surface area contributed by atoms with Crippen LogP contribution < -0.4 is 10.6 Å². The number of hydrogen-bond donors (Lipinski definition) is 2. The first kappa shape index (κ1) is 15.6. The van der Waals surface area contributed by atoms with E-state index < -0.39 is 5.60 Å². The van der Waals surface area contributed by atoms with E-state index in [1.165, 1.54) is 32.1 Å². The van der Waals surface area contributed by atoms with Gasteiger partial charge in [-0.1, -0.05) is 12.8 Å². The monoisotopic (exact) mass is 282 g/mol. The van der Waals surface area contributed by atoms with E-state index in [1.807, 2.05) is 20.8 Å². The lowest BCUT2D eigenvalue weighted by atomic mass is 9.86. The standard InChI is InChI=1S/C16H30N2O2/c1-16(2,3)20-15(19)18-11-9-13-8-10-17-14(13)12-6-4-5-7-12/h12-14,17H,4-11H2,1-3H3,(H,18,19). The van der Waals surface area contributed by atoms with Gasteiger partial charge < -0.3 is 15.4 Å². The normalized spacial score (nSPS) is 27.8. The second kappa shape index (κ2) is 6.79. The third-order valence-electron chi connectivity index (χ3n) is 4.49. The van der Waals surface area contributed by atoms with Crippen molar-refractivity contribution in [1.29, 1.82) is 0 Å². The maximum Gasteiger partial charge on any atom is 0.407 e. The topological polar surface area (TPSA) is 50.4 Å². The summed E-state index contributed by atoms with van der Waals surface area (Å²) in [5, 5.41) is 6.57. The van der Waals surface area contributed by atoms with Gasteiger partial charge in [0.25, 0.3) is 0 Å². The molecule has 2 N–H and O–H groups in total. The van der Waals surface area contributed by atoms with E-state index in [-0.39, 0.29) is 6.09 Å². The fraction of sp³-hybridized carbons (Fsp3) is 0.938. The van der Waals surface area contributed by atoms with Gasteiger partial charge in [-0.05, 0) is 64.8 Å². The minimum absolute atomic E-state index is 0.291. The van der Waals surface area contributed by atoms with Gasteiger partial charge in [0.1, 0.15) is 5.60 Å². The summed E-state index contributed by atoms with van der Waals surface area (Å²) < 4.78 is 5.26. The Morgan fingerprint density at radius 2 is 1.95 bits per heavy atom. The molecule has 2 fully saturated rings. The maximum absolute atomic E-state index is 11.6. The van der Waals surface area contributed by atoms with Crippen LogP contribution in [0.3, 0.4) is 0 Å². The molecule has 2 atom stereocenters. The molecule has 2 rings (SSSR count). The van der Waals surface area contributed by atoms with E-state index in [1.54, 1.807) is 0 Å². The zero-order valence-electron chi connectivity index (χ0n) is 13.2. The maximum atomic E-state index is 11.6. The first-order chi connectivity index (χ1) is 9.46. The van der Waals surface area contributed by atoms with Crippen molar-refractivity contribution in [2.75, 3.05) is 13.1 Å². The van der Waals surface area contributed by atoms with Crippen LogP contribution in [-0.2, 0) is 4.74 Å². The van der Waals surface area contributed by atoms with Crippen LogP contribution >= 0.6 is 0 Å². The summed E-state index contributed by atoms with van der Waals surface area (Å²) >= 11 is 0. The minimum Gasteiger partial charge on any atom is -0.444 e. The lowest BCUT2D eigenvalue weighted by molar-refractivity contribution is 0.0524. The number of carbonyl (C=O) groups excluding carboxylic acids is 1. The largest absolute Gasteiger partial charge is 0.444 e. The zero-order valence-corrected chi connectivity index (χ0v) is 13.2. The molecule has 116 valence electrons. The van der Waals surface area contributed by atoms with Gasteiger partial charge in [0.2, 0.25) is 0 Å². The van der Waals surface area contributed by atoms with E-state index in [0.29, 0.717) is 12.0 Å². The van der Waals surface area contributed by atoms with Gasteiger partial charge in [0.15, 0.2) is 0 Å². The van der Waals surface area contributed by atoms with E-state index in [0.717, 1.165) is 25.4 Å². The highest BCUT2D eigenvalue weighted by Crippen LogP contribution is 2.35. The lowest BCUT2D eigenvalue weighted by Crippen LogP contribution is -2.37. The van der Waals surface area contributed by atoms with Crippen molar-refractivity contribution >= 4 is 6.09 Å². The van der Waals surface area contributed by atoms with Crippen molar-refractivity contribution < 1.29 is 9.53 Å². The van der Waals surface area contributed by atoms with Gasteiger partial charge in [-0.15, -0.1) is 0 Å². The second-order valence-corrected chi connectivity index (χ2v) is 7.29. The summed E-state index contributed by atoms with van der Waals surface area (Å²) in [5.74, 6) is 1.58. The van der Waals surface area contributed by atoms with Gasteiger partial charge in [0, 0.05) is 12.6 Å². The van der Waals surface area contributed by atoms with E-state index in [9.17, 15) is 4.79 Å². The molecule has 0 aromatic rings. The first-order valence-corrected chi connectivity index (χ1v) is 8.16. The first-order valence-electron chi connectivity index (χ1n) is 8.16. The predicted octanol–water partition coefficient (Wildman–Crippen LogP) is 3.07. The van der Waals surface area contributed by atoms with E-state index in [2.05, 4.69) is 10.6 Å². The fourth-order valence-corrected chi connectivity index (χ4v) is 3.65. The summed E-state index contributed by atoms with van der Waals surface area (Å²) in [6.45, 7) is 7.54. The molecular formula is C16H30N2O2. The lowest BCUT2D eigenvalue weighted by Gasteiger charge is -2.26. The summed E-state index contributed by atoms with van der Waals surface area (Å²) in [6.07, 6.45) is 7.57. The highest BCUT2D eigenvalue weighted by molar-refractivity contribution is 5.67. The molecule has 0 radical (unpaired) electrons. The highest BCUT2D eigenvalue weighted by atomic mass is 16.6. The molecule has 1 heterocycles. The summed E-state index contributed by atoms with van der Waals surface area (Å²) in [4.78, 5) is 11.6. The number of hydrogen-bond acceptors (Lipinski definition) is 3. The number of alkyl carbamates (subject to hydrolysis) is 1. The molecule has 4 heteroatoms. The summed E-state index contributed by atoms with van der Waals surface area (Å²) in [5.41, 5.74) is -0.411. The molecule has 0 aromatic heterocycles. The van der Waals surface area contributed by atoms with Crippen LogP contribution in [0.25, 0.3) is 0 Å². The van der Waals surface area contributed by atoms with Crippen LogP contribution in [0.1, 0.15) is 59.3 Å². The quantitative estimate of drug-likeness (QED) is 0.833. The molecule has 4 nitrogen and oxygen atoms in total. The fourth-order valence-electron chi connectivity index (χ4n) is 3.65. The number of ether oxygens (including phenoxy) is 1. The smallest absolute Gasteiger partial charge is 0.407 e. The Balaban J connectivity index is 1.69. The highest BCUT2D eigenvalue weighted by Gasteiger charge is 2.34. The van der Waals surface area contributed by atoms with Crippen LogP contribution in [-0.4, -0.2) is 30.8 Å². The van der Waals surface area contributed by atoms with Crippen molar-refractivity contribution in [3.63, 3.8) is 0 Å². The van der Waals surface area contributed by atoms with Gasteiger partial charge in [-0.25, -0.2) is 4.79 Å². The van der Waals surface area contributed by atoms with Crippen molar-refractivity contribution in [2.24, 2.45) is 11.8 Å². The van der Waals surface area contributed by atoms with Crippen LogP contribution in [0.4, 0.5) is 4.79 Å². The summed E-state index contributed by atoms with van der Waals surface area (Å²) in [6, 6.07) is 0.679. The van der Waals surface area contributed by atoms with Gasteiger partial charge in [-0.3, -0.25) is 0 Å². The number of rotatable bonds is 4. The molecule has 1 saturated carbocycles. The zero-order chi connectivity index (χ0) is 14.6. The van der Waals surface area contributed by atoms with Gasteiger partial charge in [-0.2, -0.15) is 0 Å². The minimum atomic E-state index is -0.411. The van der Waals surface area contributed by atoms with Crippen LogP contribution in [0, 0.1) is 11.8 Å². The van der Waals surface area contributed by atoms with Crippen molar-refractivity contribution in [3.8, 4) is 0 Å². The average Bonchev–Trinajstić information content (AvgIpc) is 2.95. The number of carbonyl (C=O) groups is 1. The molecule has 2 aliphatic rings. The third-order valence-corrected chi connectivity index (χ3v) is 4.49. The van der Waals surface area contributed by atoms with Gasteiger partial charge in [0.05, 0.1) is 0 Å². The Morgan fingerprint density at radius 3 is 2.60 bits per heavy atom. The van der Waals surface area contributed by atoms with Crippen LogP contribution in [0.15, 0.2) is 0 Å². The van der Waals surface area contributed by atoms with E-state index >= 15 is 0 Å². The Bertz CT molecular complexity index is 319. The van der Waals surface area contributed by atoms with Crippen LogP contribution in [0.2, 0.25) is 0 Å².